The number of anilines is 1. The minimum absolute atomic E-state index is 0.0571. The first-order valence-electron chi connectivity index (χ1n) is 9.05. The second-order valence-electron chi connectivity index (χ2n) is 6.55. The number of benzene rings is 1. The highest BCUT2D eigenvalue weighted by Crippen LogP contribution is 2.18. The number of methoxy groups -OCH3 is 1. The van der Waals surface area contributed by atoms with Gasteiger partial charge in [-0.05, 0) is 38.5 Å². The predicted molar refractivity (Wildman–Crippen MR) is 104 cm³/mol. The largest absolute Gasteiger partial charge is 0.383 e. The van der Waals surface area contributed by atoms with Crippen LogP contribution in [0.15, 0.2) is 24.3 Å². The lowest BCUT2D eigenvalue weighted by molar-refractivity contribution is -0.114. The lowest BCUT2D eigenvalue weighted by atomic mass is 10.1. The van der Waals surface area contributed by atoms with E-state index in [1.165, 1.54) is 23.7 Å². The van der Waals surface area contributed by atoms with Crippen molar-refractivity contribution in [2.75, 3.05) is 25.6 Å². The second-order valence-corrected chi connectivity index (χ2v) is 6.55. The van der Waals surface area contributed by atoms with E-state index in [-0.39, 0.29) is 5.91 Å². The highest BCUT2D eigenvalue weighted by atomic mass is 16.5. The fourth-order valence-electron chi connectivity index (χ4n) is 3.08. The van der Waals surface area contributed by atoms with Gasteiger partial charge in [0.25, 0.3) is 0 Å². The summed E-state index contributed by atoms with van der Waals surface area (Å²) in [6.45, 7) is 11.9. The molecule has 0 aliphatic rings. The number of carbonyl (C=O) groups excluding carboxylic acids is 1. The normalized spacial score (nSPS) is 11.2. The van der Waals surface area contributed by atoms with Gasteiger partial charge in [-0.25, -0.2) is 0 Å². The van der Waals surface area contributed by atoms with Crippen molar-refractivity contribution >= 4 is 11.6 Å². The fraction of sp³-hybridized carbons (Fsp3) is 0.500. The molecule has 0 aliphatic heterocycles. The maximum atomic E-state index is 11.1. The minimum Gasteiger partial charge on any atom is -0.383 e. The first-order valence-corrected chi connectivity index (χ1v) is 9.05. The van der Waals surface area contributed by atoms with E-state index in [1.54, 1.807) is 7.11 Å². The van der Waals surface area contributed by atoms with Gasteiger partial charge in [-0.1, -0.05) is 12.1 Å². The molecule has 1 N–H and O–H groups in total. The number of aryl methyl sites for hydroxylation is 2. The van der Waals surface area contributed by atoms with Crippen molar-refractivity contribution in [2.24, 2.45) is 0 Å². The van der Waals surface area contributed by atoms with E-state index in [4.69, 9.17) is 4.74 Å². The van der Waals surface area contributed by atoms with E-state index in [1.807, 2.05) is 12.1 Å². The van der Waals surface area contributed by atoms with Crippen molar-refractivity contribution in [3.8, 4) is 0 Å². The Balaban J connectivity index is 2.12. The van der Waals surface area contributed by atoms with Gasteiger partial charge in [0.2, 0.25) is 5.91 Å². The number of hydrogen-bond donors (Lipinski definition) is 1. The molecule has 0 unspecified atom stereocenters. The number of carbonyl (C=O) groups is 1. The summed E-state index contributed by atoms with van der Waals surface area (Å²) in [7, 11) is 1.73. The van der Waals surface area contributed by atoms with Crippen LogP contribution in [0.5, 0.6) is 0 Å². The third-order valence-electron chi connectivity index (χ3n) is 4.50. The van der Waals surface area contributed by atoms with Crippen molar-refractivity contribution in [2.45, 2.75) is 47.3 Å². The number of nitrogens with zero attached hydrogens (tertiary/aromatic N) is 3. The van der Waals surface area contributed by atoms with E-state index in [0.717, 1.165) is 37.6 Å². The molecule has 26 heavy (non-hydrogen) atoms. The van der Waals surface area contributed by atoms with Crippen molar-refractivity contribution in [1.29, 1.82) is 0 Å². The fourth-order valence-corrected chi connectivity index (χ4v) is 3.08. The lowest BCUT2D eigenvalue weighted by Crippen LogP contribution is -2.27. The smallest absolute Gasteiger partial charge is 0.221 e. The monoisotopic (exact) mass is 358 g/mol. The summed E-state index contributed by atoms with van der Waals surface area (Å²) in [5.41, 5.74) is 5.63. The van der Waals surface area contributed by atoms with Gasteiger partial charge in [0.05, 0.1) is 12.3 Å². The predicted octanol–water partition coefficient (Wildman–Crippen LogP) is 3.13. The molecule has 6 heteroatoms. The first kappa shape index (κ1) is 20.1. The molecule has 1 aromatic heterocycles. The molecule has 0 bridgehead atoms. The third kappa shape index (κ3) is 5.41. The average Bonchev–Trinajstić information content (AvgIpc) is 2.88. The summed E-state index contributed by atoms with van der Waals surface area (Å²) < 4.78 is 7.34. The molecule has 0 saturated heterocycles. The zero-order chi connectivity index (χ0) is 19.1. The lowest BCUT2D eigenvalue weighted by Gasteiger charge is -2.22. The standard InChI is InChI=1S/C20H30N4O2/c1-6-24-16(3)20(15(2)22-24)14-23(11-12-26-5)13-18-7-9-19(10-8-18)21-17(4)25/h7-10H,6,11-14H2,1-5H3,(H,21,25). The third-order valence-corrected chi connectivity index (χ3v) is 4.50. The van der Waals surface area contributed by atoms with Gasteiger partial charge in [-0.15, -0.1) is 0 Å². The Labute approximate surface area is 156 Å². The SMILES string of the molecule is CCn1nc(C)c(CN(CCOC)Cc2ccc(NC(C)=O)cc2)c1C. The summed E-state index contributed by atoms with van der Waals surface area (Å²) in [5, 5.41) is 7.43. The second kappa shape index (κ2) is 9.50. The van der Waals surface area contributed by atoms with Crippen LogP contribution in [0.25, 0.3) is 0 Å². The van der Waals surface area contributed by atoms with Crippen LogP contribution >= 0.6 is 0 Å². The number of nitrogens with one attached hydrogen (secondary N) is 1. The molecular formula is C20H30N4O2. The van der Waals surface area contributed by atoms with E-state index in [0.29, 0.717) is 6.61 Å². The molecule has 2 aromatic rings. The van der Waals surface area contributed by atoms with Gasteiger partial charge in [0.1, 0.15) is 0 Å². The Hall–Kier alpha value is -2.18. The van der Waals surface area contributed by atoms with Crippen LogP contribution in [0, 0.1) is 13.8 Å². The maximum absolute atomic E-state index is 11.1. The number of aromatic nitrogens is 2. The van der Waals surface area contributed by atoms with Gasteiger partial charge < -0.3 is 10.1 Å². The molecule has 6 nitrogen and oxygen atoms in total. The Morgan fingerprint density at radius 2 is 1.92 bits per heavy atom. The van der Waals surface area contributed by atoms with Crippen LogP contribution in [-0.2, 0) is 29.2 Å². The average molecular weight is 358 g/mol. The summed E-state index contributed by atoms with van der Waals surface area (Å²) in [5.74, 6) is -0.0571. The van der Waals surface area contributed by atoms with E-state index >= 15 is 0 Å². The molecule has 1 heterocycles. The van der Waals surface area contributed by atoms with Crippen molar-refractivity contribution in [3.05, 3.63) is 46.8 Å². The number of hydrogen-bond acceptors (Lipinski definition) is 4. The Morgan fingerprint density at radius 1 is 1.23 bits per heavy atom. The summed E-state index contributed by atoms with van der Waals surface area (Å²) in [6.07, 6.45) is 0. The highest BCUT2D eigenvalue weighted by Gasteiger charge is 2.15. The molecule has 142 valence electrons. The molecule has 1 amide bonds. The molecule has 0 fully saturated rings. The summed E-state index contributed by atoms with van der Waals surface area (Å²) >= 11 is 0. The highest BCUT2D eigenvalue weighted by molar-refractivity contribution is 5.88. The molecule has 0 atom stereocenters. The molecule has 0 spiro atoms. The quantitative estimate of drug-likeness (QED) is 0.748. The summed E-state index contributed by atoms with van der Waals surface area (Å²) in [6, 6.07) is 7.99. The van der Waals surface area contributed by atoms with Gasteiger partial charge in [0, 0.05) is 57.2 Å². The van der Waals surface area contributed by atoms with Crippen LogP contribution in [0.4, 0.5) is 5.69 Å². The van der Waals surface area contributed by atoms with Crippen molar-refractivity contribution < 1.29 is 9.53 Å². The maximum Gasteiger partial charge on any atom is 0.221 e. The Morgan fingerprint density at radius 3 is 2.46 bits per heavy atom. The molecule has 1 aromatic carbocycles. The Bertz CT molecular complexity index is 722. The van der Waals surface area contributed by atoms with Crippen LogP contribution in [-0.4, -0.2) is 40.8 Å². The number of rotatable bonds is 9. The first-order chi connectivity index (χ1) is 12.4. The summed E-state index contributed by atoms with van der Waals surface area (Å²) in [4.78, 5) is 13.5. The van der Waals surface area contributed by atoms with E-state index in [2.05, 4.69) is 52.9 Å². The van der Waals surface area contributed by atoms with Crippen LogP contribution in [0.1, 0.15) is 36.4 Å². The molecule has 0 radical (unpaired) electrons. The molecule has 0 saturated carbocycles. The van der Waals surface area contributed by atoms with Gasteiger partial charge >= 0.3 is 0 Å². The van der Waals surface area contributed by atoms with E-state index < -0.39 is 0 Å². The van der Waals surface area contributed by atoms with Crippen LogP contribution in [0.2, 0.25) is 0 Å². The molecule has 0 aliphatic carbocycles. The zero-order valence-electron chi connectivity index (χ0n) is 16.5. The van der Waals surface area contributed by atoms with Gasteiger partial charge in [-0.2, -0.15) is 5.10 Å². The van der Waals surface area contributed by atoms with Crippen LogP contribution < -0.4 is 5.32 Å². The molecule has 2 rings (SSSR count). The minimum atomic E-state index is -0.0571. The number of amides is 1. The van der Waals surface area contributed by atoms with Gasteiger partial charge in [-0.3, -0.25) is 14.4 Å². The van der Waals surface area contributed by atoms with Crippen molar-refractivity contribution in [3.63, 3.8) is 0 Å². The van der Waals surface area contributed by atoms with Gasteiger partial charge in [0.15, 0.2) is 0 Å². The topological polar surface area (TPSA) is 59.4 Å². The number of ether oxygens (including phenoxy) is 1. The molecular weight excluding hydrogens is 328 g/mol. The van der Waals surface area contributed by atoms with E-state index in [9.17, 15) is 4.79 Å². The Kier molecular flexibility index (Phi) is 7.36. The van der Waals surface area contributed by atoms with Crippen LogP contribution in [0.3, 0.4) is 0 Å². The zero-order valence-corrected chi connectivity index (χ0v) is 16.5. The van der Waals surface area contributed by atoms with Crippen molar-refractivity contribution in [1.82, 2.24) is 14.7 Å².